The number of carbonyl (C=O) groups is 4. The number of benzene rings is 3. The van der Waals surface area contributed by atoms with E-state index in [4.69, 9.17) is 16.2 Å². The van der Waals surface area contributed by atoms with Gasteiger partial charge in [-0.1, -0.05) is 18.2 Å². The van der Waals surface area contributed by atoms with E-state index in [-0.39, 0.29) is 35.2 Å². The third-order valence-corrected chi connectivity index (χ3v) is 13.9. The van der Waals surface area contributed by atoms with Crippen LogP contribution >= 0.6 is 0 Å². The lowest BCUT2D eigenvalue weighted by molar-refractivity contribution is -0.133. The van der Waals surface area contributed by atoms with E-state index in [0.717, 1.165) is 83.1 Å². The zero-order valence-electron chi connectivity index (χ0n) is 37.1. The standard InChI is InChI=1S/C49H64N10O5/c1-55(33-34-7-11-37(12-8-34)56-29-31-57(32-30-56)38-13-15-39(16-14-38)59-28-22-43(60)54-49(59)63)25-23-44(61)58-26-20-35(21-27-58)42-19-24-52-48(53-42)45(47(51)62)46(50)36-9-17-41(18-10-36)64-40-5-3-2-4-6-40/h2-6,9-10,13-18,34-35,37,42H,7-8,11-12,19-33,50H2,1H3,(H2,51,62)(H,52,53)(H,54,60,63)/t34?,37?,42-/m0/s1. The summed E-state index contributed by atoms with van der Waals surface area (Å²) in [5.74, 6) is 2.18. The molecule has 0 aromatic heterocycles. The van der Waals surface area contributed by atoms with Crippen molar-refractivity contribution in [1.82, 2.24) is 25.3 Å². The van der Waals surface area contributed by atoms with E-state index < -0.39 is 5.91 Å². The number of urea groups is 1. The Balaban J connectivity index is 0.724. The largest absolute Gasteiger partial charge is 0.457 e. The molecule has 5 aliphatic rings. The number of hydrogen-bond donors (Lipinski definition) is 4. The third kappa shape index (κ3) is 11.0. The Morgan fingerprint density at radius 3 is 2.12 bits per heavy atom. The van der Waals surface area contributed by atoms with Gasteiger partial charge in [-0.25, -0.2) is 4.79 Å². The van der Waals surface area contributed by atoms with Crippen molar-refractivity contribution >= 4 is 46.7 Å². The number of amidine groups is 1. The number of anilines is 2. The Morgan fingerprint density at radius 2 is 1.45 bits per heavy atom. The van der Waals surface area contributed by atoms with Crippen LogP contribution in [0.2, 0.25) is 0 Å². The number of carbonyl (C=O) groups excluding carboxylic acids is 4. The van der Waals surface area contributed by atoms with Crippen molar-refractivity contribution < 1.29 is 23.9 Å². The van der Waals surface area contributed by atoms with E-state index in [2.05, 4.69) is 49.5 Å². The van der Waals surface area contributed by atoms with Crippen LogP contribution in [0.5, 0.6) is 11.5 Å². The first-order valence-electron chi connectivity index (χ1n) is 23.2. The maximum Gasteiger partial charge on any atom is 0.328 e. The molecule has 1 aliphatic carbocycles. The zero-order valence-corrected chi connectivity index (χ0v) is 37.1. The minimum Gasteiger partial charge on any atom is -0.457 e. The zero-order chi connectivity index (χ0) is 44.6. The van der Waals surface area contributed by atoms with Crippen LogP contribution in [0.4, 0.5) is 16.2 Å². The molecule has 0 radical (unpaired) electrons. The Morgan fingerprint density at radius 1 is 0.781 bits per heavy atom. The number of likely N-dealkylation sites (tertiary alicyclic amines) is 1. The van der Waals surface area contributed by atoms with E-state index >= 15 is 0 Å². The molecule has 3 aromatic carbocycles. The number of nitrogens with one attached hydrogen (secondary N) is 2. The highest BCUT2D eigenvalue weighted by atomic mass is 16.5. The second-order valence-electron chi connectivity index (χ2n) is 18.1. The van der Waals surface area contributed by atoms with Crippen LogP contribution in [0.15, 0.2) is 89.4 Å². The third-order valence-electron chi connectivity index (χ3n) is 13.9. The summed E-state index contributed by atoms with van der Waals surface area (Å²) < 4.78 is 5.91. The van der Waals surface area contributed by atoms with Gasteiger partial charge >= 0.3 is 6.03 Å². The summed E-state index contributed by atoms with van der Waals surface area (Å²) in [6.07, 6.45) is 8.34. The number of nitrogens with zero attached hydrogens (tertiary/aromatic N) is 6. The second kappa shape index (κ2) is 20.7. The van der Waals surface area contributed by atoms with Gasteiger partial charge in [0.2, 0.25) is 11.8 Å². The van der Waals surface area contributed by atoms with Crippen molar-refractivity contribution in [2.45, 2.75) is 69.9 Å². The molecule has 0 unspecified atom stereocenters. The smallest absolute Gasteiger partial charge is 0.328 e. The molecule has 1 atom stereocenters. The number of para-hydroxylation sites is 1. The number of aliphatic imine (C=N–C) groups is 1. The molecule has 8 rings (SSSR count). The lowest BCUT2D eigenvalue weighted by Gasteiger charge is -2.43. The summed E-state index contributed by atoms with van der Waals surface area (Å²) in [5, 5.41) is 5.91. The SMILES string of the molecule is CN(CCC(=O)N1CCC([C@@H]2CCN=C(C(C(N)=O)=C(N)c3ccc(Oc4ccccc4)cc3)N2)CC1)CC1CCC(N2CCN(c3ccc(N4CCC(=O)NC4=O)cc3)CC2)CC1. The first-order valence-corrected chi connectivity index (χ1v) is 23.2. The van der Waals surface area contributed by atoms with E-state index in [0.29, 0.717) is 61.0 Å². The highest BCUT2D eigenvalue weighted by molar-refractivity contribution is 6.25. The van der Waals surface area contributed by atoms with Crippen LogP contribution in [-0.4, -0.2) is 129 Å². The molecule has 4 fully saturated rings. The van der Waals surface area contributed by atoms with E-state index in [1.807, 2.05) is 71.6 Å². The molecule has 4 aliphatic heterocycles. The van der Waals surface area contributed by atoms with Crippen molar-refractivity contribution in [2.75, 3.05) is 82.3 Å². The van der Waals surface area contributed by atoms with Crippen molar-refractivity contribution in [3.8, 4) is 11.5 Å². The maximum absolute atomic E-state index is 13.4. The van der Waals surface area contributed by atoms with Crippen LogP contribution < -0.4 is 36.6 Å². The highest BCUT2D eigenvalue weighted by Crippen LogP contribution is 2.31. The maximum atomic E-state index is 13.4. The van der Waals surface area contributed by atoms with E-state index in [1.54, 1.807) is 4.90 Å². The van der Waals surface area contributed by atoms with Crippen LogP contribution in [0.25, 0.3) is 5.70 Å². The monoisotopic (exact) mass is 873 g/mol. The average Bonchev–Trinajstić information content (AvgIpc) is 3.32. The second-order valence-corrected chi connectivity index (χ2v) is 18.1. The molecule has 15 heteroatoms. The molecule has 3 aromatic rings. The number of piperidine rings is 1. The van der Waals surface area contributed by atoms with Crippen molar-refractivity contribution in [3.63, 3.8) is 0 Å². The summed E-state index contributed by atoms with van der Waals surface area (Å²) in [7, 11) is 2.16. The number of hydrogen-bond acceptors (Lipinski definition) is 11. The molecule has 0 spiro atoms. The van der Waals surface area contributed by atoms with Gasteiger partial charge < -0.3 is 36.2 Å². The number of amides is 5. The Hall–Kier alpha value is -5.93. The van der Waals surface area contributed by atoms with Crippen LogP contribution in [0.1, 0.15) is 63.4 Å². The predicted octanol–water partition coefficient (Wildman–Crippen LogP) is 4.78. The molecule has 1 saturated carbocycles. The number of imide groups is 1. The quantitative estimate of drug-likeness (QED) is 0.165. The van der Waals surface area contributed by atoms with Crippen LogP contribution in [0, 0.1) is 11.8 Å². The average molecular weight is 873 g/mol. The fourth-order valence-electron chi connectivity index (χ4n) is 10.2. The van der Waals surface area contributed by atoms with E-state index in [9.17, 15) is 19.2 Å². The first kappa shape index (κ1) is 44.7. The van der Waals surface area contributed by atoms with Gasteiger partial charge in [-0.15, -0.1) is 0 Å². The lowest BCUT2D eigenvalue weighted by atomic mass is 9.84. The number of nitrogens with two attached hydrogens (primary N) is 2. The Kier molecular flexibility index (Phi) is 14.5. The Labute approximate surface area is 376 Å². The van der Waals surface area contributed by atoms with Gasteiger partial charge in [0.1, 0.15) is 22.9 Å². The van der Waals surface area contributed by atoms with Crippen LogP contribution in [-0.2, 0) is 14.4 Å². The molecule has 340 valence electrons. The van der Waals surface area contributed by atoms with Crippen molar-refractivity contribution in [2.24, 2.45) is 28.3 Å². The van der Waals surface area contributed by atoms with Crippen molar-refractivity contribution in [1.29, 1.82) is 0 Å². The summed E-state index contributed by atoms with van der Waals surface area (Å²) in [4.78, 5) is 65.7. The molecule has 15 nitrogen and oxygen atoms in total. The highest BCUT2D eigenvalue weighted by Gasteiger charge is 2.33. The lowest BCUT2D eigenvalue weighted by Crippen LogP contribution is -2.51. The van der Waals surface area contributed by atoms with Crippen LogP contribution in [0.3, 0.4) is 0 Å². The van der Waals surface area contributed by atoms with Gasteiger partial charge in [-0.3, -0.25) is 34.5 Å². The first-order chi connectivity index (χ1) is 31.1. The summed E-state index contributed by atoms with van der Waals surface area (Å²) in [6.45, 7) is 8.27. The molecule has 3 saturated heterocycles. The molecule has 0 bridgehead atoms. The summed E-state index contributed by atoms with van der Waals surface area (Å²) in [5.41, 5.74) is 15.6. The fraction of sp³-hybridized carbons (Fsp3) is 0.490. The van der Waals surface area contributed by atoms with Gasteiger partial charge in [0.05, 0.1) is 5.70 Å². The minimum atomic E-state index is -0.632. The number of ether oxygens (including phenoxy) is 1. The molecular formula is C49H64N10O5. The van der Waals surface area contributed by atoms with Crippen molar-refractivity contribution in [3.05, 3.63) is 90.0 Å². The molecule has 6 N–H and O–H groups in total. The number of primary amides is 1. The molecule has 64 heavy (non-hydrogen) atoms. The van der Waals surface area contributed by atoms with E-state index in [1.165, 1.54) is 31.4 Å². The topological polar surface area (TPSA) is 182 Å². The minimum absolute atomic E-state index is 0.107. The summed E-state index contributed by atoms with van der Waals surface area (Å²) in [6, 6.07) is 25.3. The fourth-order valence-corrected chi connectivity index (χ4v) is 10.2. The normalized spacial score (nSPS) is 22.9. The number of rotatable bonds is 14. The number of piperazine rings is 1. The Bertz CT molecular complexity index is 2160. The summed E-state index contributed by atoms with van der Waals surface area (Å²) >= 11 is 0. The van der Waals surface area contributed by atoms with Gasteiger partial charge in [-0.05, 0) is 130 Å². The predicted molar refractivity (Wildman–Crippen MR) is 250 cm³/mol. The van der Waals surface area contributed by atoms with Gasteiger partial charge in [0, 0.05) is 102 Å². The molecule has 4 heterocycles. The molecular weight excluding hydrogens is 809 g/mol. The van der Waals surface area contributed by atoms with Gasteiger partial charge in [-0.2, -0.15) is 0 Å². The molecule has 5 amide bonds. The van der Waals surface area contributed by atoms with Gasteiger partial charge in [0.15, 0.2) is 0 Å². The van der Waals surface area contributed by atoms with Gasteiger partial charge in [0.25, 0.3) is 5.91 Å².